The van der Waals surface area contributed by atoms with Crippen molar-refractivity contribution in [1.29, 1.82) is 0 Å². The van der Waals surface area contributed by atoms with E-state index in [0.29, 0.717) is 5.92 Å². The van der Waals surface area contributed by atoms with Crippen LogP contribution in [0.5, 0.6) is 0 Å². The van der Waals surface area contributed by atoms with Crippen molar-refractivity contribution in [3.8, 4) is 0 Å². The maximum absolute atomic E-state index is 5.84. The molecule has 0 bridgehead atoms. The zero-order valence-corrected chi connectivity index (χ0v) is 9.48. The maximum Gasteiger partial charge on any atom is 0.208 e. The molecule has 2 atom stereocenters. The summed E-state index contributed by atoms with van der Waals surface area (Å²) >= 11 is 0. The summed E-state index contributed by atoms with van der Waals surface area (Å²) in [5.41, 5.74) is 0. The van der Waals surface area contributed by atoms with Gasteiger partial charge in [0.25, 0.3) is 0 Å². The van der Waals surface area contributed by atoms with Gasteiger partial charge in [-0.2, -0.15) is 0 Å². The molecular weight excluding hydrogens is 200 g/mol. The Kier molecular flexibility index (Phi) is 1.92. The van der Waals surface area contributed by atoms with E-state index in [-0.39, 0.29) is 0 Å². The molecule has 1 aromatic heterocycles. The molecule has 0 amide bonds. The first-order valence-electron chi connectivity index (χ1n) is 6.56. The van der Waals surface area contributed by atoms with Crippen molar-refractivity contribution in [2.24, 2.45) is 11.8 Å². The van der Waals surface area contributed by atoms with Gasteiger partial charge in [0.15, 0.2) is 0 Å². The molecule has 16 heavy (non-hydrogen) atoms. The molecule has 0 radical (unpaired) electrons. The van der Waals surface area contributed by atoms with Crippen molar-refractivity contribution >= 4 is 0 Å². The molecule has 3 saturated carbocycles. The zero-order valence-electron chi connectivity index (χ0n) is 9.48. The average Bonchev–Trinajstić information content (AvgIpc) is 3.18. The van der Waals surface area contributed by atoms with Crippen LogP contribution in [-0.4, -0.2) is 11.0 Å². The van der Waals surface area contributed by atoms with Gasteiger partial charge in [-0.1, -0.05) is 0 Å². The van der Waals surface area contributed by atoms with Crippen LogP contribution in [-0.2, 0) is 6.54 Å². The third-order valence-corrected chi connectivity index (χ3v) is 4.34. The van der Waals surface area contributed by atoms with Gasteiger partial charge in [-0.05, 0) is 43.9 Å². The highest BCUT2D eigenvalue weighted by Crippen LogP contribution is 2.57. The maximum atomic E-state index is 5.84. The average molecular weight is 218 g/mol. The lowest BCUT2D eigenvalue weighted by Crippen LogP contribution is -2.15. The second kappa shape index (κ2) is 3.33. The number of hydrogen-bond donors (Lipinski definition) is 1. The monoisotopic (exact) mass is 218 g/mol. The minimum atomic E-state index is 0.672. The minimum absolute atomic E-state index is 0.672. The predicted molar refractivity (Wildman–Crippen MR) is 59.9 cm³/mol. The fourth-order valence-electron chi connectivity index (χ4n) is 3.06. The molecule has 3 aliphatic carbocycles. The van der Waals surface area contributed by atoms with Gasteiger partial charge in [-0.3, -0.25) is 0 Å². The highest BCUT2D eigenvalue weighted by Gasteiger charge is 2.47. The third-order valence-electron chi connectivity index (χ3n) is 4.34. The number of fused-ring (bicyclic) bond motifs is 1. The summed E-state index contributed by atoms with van der Waals surface area (Å²) in [5.74, 6) is 4.72. The smallest absolute Gasteiger partial charge is 0.208 e. The van der Waals surface area contributed by atoms with Gasteiger partial charge in [-0.15, -0.1) is 0 Å². The second-order valence-corrected chi connectivity index (χ2v) is 5.74. The van der Waals surface area contributed by atoms with Gasteiger partial charge in [0, 0.05) is 12.0 Å². The van der Waals surface area contributed by atoms with Crippen LogP contribution in [0.3, 0.4) is 0 Å². The Hall–Kier alpha value is -0.830. The number of nitrogens with one attached hydrogen (secondary N) is 1. The van der Waals surface area contributed by atoms with Gasteiger partial charge >= 0.3 is 0 Å². The highest BCUT2D eigenvalue weighted by atomic mass is 16.4. The van der Waals surface area contributed by atoms with Crippen molar-refractivity contribution in [3.63, 3.8) is 0 Å². The van der Waals surface area contributed by atoms with E-state index in [1.54, 1.807) is 0 Å². The molecule has 1 aromatic rings. The van der Waals surface area contributed by atoms with Gasteiger partial charge in [-0.25, -0.2) is 4.98 Å². The molecule has 0 aliphatic heterocycles. The normalized spacial score (nSPS) is 36.4. The van der Waals surface area contributed by atoms with E-state index in [9.17, 15) is 0 Å². The largest absolute Gasteiger partial charge is 0.444 e. The predicted octanol–water partition coefficient (Wildman–Crippen LogP) is 2.44. The molecule has 0 saturated heterocycles. The van der Waals surface area contributed by atoms with Crippen LogP contribution in [0.15, 0.2) is 10.6 Å². The third kappa shape index (κ3) is 1.67. The van der Waals surface area contributed by atoms with Gasteiger partial charge < -0.3 is 9.73 Å². The van der Waals surface area contributed by atoms with Crippen LogP contribution in [0.4, 0.5) is 0 Å². The Balaban J connectivity index is 1.39. The molecule has 3 heteroatoms. The van der Waals surface area contributed by atoms with Crippen LogP contribution in [0.25, 0.3) is 0 Å². The van der Waals surface area contributed by atoms with Crippen molar-refractivity contribution in [2.45, 2.75) is 50.6 Å². The SMILES string of the molecule is c1nc(CNC2CC2)oc1C1CC2CC2C1. The summed E-state index contributed by atoms with van der Waals surface area (Å²) in [5, 5.41) is 3.44. The Morgan fingerprint density at radius 3 is 2.81 bits per heavy atom. The van der Waals surface area contributed by atoms with Crippen molar-refractivity contribution < 1.29 is 4.42 Å². The molecule has 0 aromatic carbocycles. The van der Waals surface area contributed by atoms with Crippen LogP contribution in [0.1, 0.15) is 49.7 Å². The van der Waals surface area contributed by atoms with E-state index in [1.807, 2.05) is 6.20 Å². The molecule has 86 valence electrons. The van der Waals surface area contributed by atoms with E-state index in [4.69, 9.17) is 4.42 Å². The lowest BCUT2D eigenvalue weighted by Gasteiger charge is -2.06. The lowest BCUT2D eigenvalue weighted by atomic mass is 10.0. The van der Waals surface area contributed by atoms with E-state index in [0.717, 1.165) is 36.1 Å². The van der Waals surface area contributed by atoms with E-state index in [2.05, 4.69) is 10.3 Å². The van der Waals surface area contributed by atoms with Crippen LogP contribution in [0, 0.1) is 11.8 Å². The molecule has 1 N–H and O–H groups in total. The van der Waals surface area contributed by atoms with E-state index < -0.39 is 0 Å². The fraction of sp³-hybridized carbons (Fsp3) is 0.769. The van der Waals surface area contributed by atoms with Gasteiger partial charge in [0.2, 0.25) is 5.89 Å². The summed E-state index contributed by atoms with van der Waals surface area (Å²) in [6.45, 7) is 0.810. The summed E-state index contributed by atoms with van der Waals surface area (Å²) in [4.78, 5) is 4.37. The molecule has 4 rings (SSSR count). The molecule has 3 nitrogen and oxygen atoms in total. The quantitative estimate of drug-likeness (QED) is 0.843. The van der Waals surface area contributed by atoms with E-state index >= 15 is 0 Å². The first kappa shape index (κ1) is 9.23. The molecule has 0 spiro atoms. The summed E-state index contributed by atoms with van der Waals surface area (Å²) in [7, 11) is 0. The van der Waals surface area contributed by atoms with Gasteiger partial charge in [0.05, 0.1) is 12.7 Å². The lowest BCUT2D eigenvalue weighted by molar-refractivity contribution is 0.400. The van der Waals surface area contributed by atoms with Crippen LogP contribution < -0.4 is 5.32 Å². The van der Waals surface area contributed by atoms with Crippen molar-refractivity contribution in [3.05, 3.63) is 17.8 Å². The Bertz CT molecular complexity index is 386. The Morgan fingerprint density at radius 2 is 2.06 bits per heavy atom. The zero-order chi connectivity index (χ0) is 10.5. The number of rotatable bonds is 4. The topological polar surface area (TPSA) is 38.1 Å². The first-order chi connectivity index (χ1) is 7.88. The molecule has 3 aliphatic rings. The fourth-order valence-corrected chi connectivity index (χ4v) is 3.06. The summed E-state index contributed by atoms with van der Waals surface area (Å²) < 4.78 is 5.84. The molecule has 2 unspecified atom stereocenters. The summed E-state index contributed by atoms with van der Waals surface area (Å²) in [6, 6.07) is 0.731. The Morgan fingerprint density at radius 1 is 1.25 bits per heavy atom. The van der Waals surface area contributed by atoms with Crippen molar-refractivity contribution in [1.82, 2.24) is 10.3 Å². The van der Waals surface area contributed by atoms with Gasteiger partial charge in [0.1, 0.15) is 5.76 Å². The van der Waals surface area contributed by atoms with Crippen LogP contribution in [0.2, 0.25) is 0 Å². The molecular formula is C13H18N2O. The molecule has 3 fully saturated rings. The van der Waals surface area contributed by atoms with E-state index in [1.165, 1.54) is 32.1 Å². The van der Waals surface area contributed by atoms with Crippen molar-refractivity contribution in [2.75, 3.05) is 0 Å². The second-order valence-electron chi connectivity index (χ2n) is 5.74. The number of oxazole rings is 1. The number of hydrogen-bond acceptors (Lipinski definition) is 3. The number of nitrogens with zero attached hydrogens (tertiary/aromatic N) is 1. The standard InChI is InChI=1S/C13H18N2O/c1-2-11(1)14-7-13-15-6-12(16-13)10-4-8-3-9(8)5-10/h6,8-11,14H,1-5,7H2. The summed E-state index contributed by atoms with van der Waals surface area (Å²) in [6.07, 6.45) is 8.75. The first-order valence-corrected chi connectivity index (χ1v) is 6.56. The minimum Gasteiger partial charge on any atom is -0.444 e. The highest BCUT2D eigenvalue weighted by molar-refractivity contribution is 5.11. The Labute approximate surface area is 95.6 Å². The van der Waals surface area contributed by atoms with Crippen LogP contribution >= 0.6 is 0 Å². The number of aromatic nitrogens is 1. The molecule has 1 heterocycles.